The van der Waals surface area contributed by atoms with Gasteiger partial charge in [0.15, 0.2) is 6.73 Å². The van der Waals surface area contributed by atoms with Gasteiger partial charge < -0.3 is 10.1 Å². The molecule has 106 valence electrons. The van der Waals surface area contributed by atoms with Crippen LogP contribution in [0.5, 0.6) is 0 Å². The third-order valence-corrected chi connectivity index (χ3v) is 3.37. The van der Waals surface area contributed by atoms with E-state index in [0.29, 0.717) is 12.0 Å². The quantitative estimate of drug-likeness (QED) is 0.665. The molecule has 1 saturated heterocycles. The van der Waals surface area contributed by atoms with Gasteiger partial charge in [-0.15, -0.1) is 0 Å². The zero-order chi connectivity index (χ0) is 14.8. The molecule has 0 aliphatic carbocycles. The van der Waals surface area contributed by atoms with Crippen molar-refractivity contribution in [3.05, 3.63) is 35.9 Å². The maximum Gasteiger partial charge on any atom is 0.328 e. The summed E-state index contributed by atoms with van der Waals surface area (Å²) in [6.45, 7) is 2.68. The normalized spacial score (nSPS) is 21.8. The second kappa shape index (κ2) is 5.32. The van der Waals surface area contributed by atoms with Crippen LogP contribution in [0.15, 0.2) is 30.3 Å². The number of benzene rings is 1. The molecule has 6 heteroatoms. The van der Waals surface area contributed by atoms with E-state index in [1.165, 1.54) is 6.92 Å². The second-order valence-corrected chi connectivity index (χ2v) is 4.55. The number of esters is 1. The van der Waals surface area contributed by atoms with E-state index in [9.17, 15) is 14.4 Å². The Kier molecular flexibility index (Phi) is 3.74. The molecule has 0 saturated carbocycles. The summed E-state index contributed by atoms with van der Waals surface area (Å²) in [6.07, 6.45) is 0.415. The highest BCUT2D eigenvalue weighted by molar-refractivity contribution is 6.07. The van der Waals surface area contributed by atoms with Gasteiger partial charge in [0.1, 0.15) is 5.54 Å². The summed E-state index contributed by atoms with van der Waals surface area (Å²) < 4.78 is 4.75. The average Bonchev–Trinajstić information content (AvgIpc) is 2.69. The largest absolute Gasteiger partial charge is 0.444 e. The number of urea groups is 1. The highest BCUT2D eigenvalue weighted by Gasteiger charge is 2.51. The van der Waals surface area contributed by atoms with Crippen LogP contribution in [0.4, 0.5) is 4.79 Å². The zero-order valence-corrected chi connectivity index (χ0v) is 11.4. The lowest BCUT2D eigenvalue weighted by Gasteiger charge is -2.25. The number of imide groups is 1. The first-order valence-electron chi connectivity index (χ1n) is 6.34. The van der Waals surface area contributed by atoms with Crippen molar-refractivity contribution in [1.82, 2.24) is 10.2 Å². The predicted molar refractivity (Wildman–Crippen MR) is 70.4 cm³/mol. The Morgan fingerprint density at radius 2 is 1.95 bits per heavy atom. The summed E-state index contributed by atoms with van der Waals surface area (Å²) in [5, 5.41) is 2.70. The van der Waals surface area contributed by atoms with Crippen molar-refractivity contribution >= 4 is 17.9 Å². The van der Waals surface area contributed by atoms with Crippen molar-refractivity contribution in [3.63, 3.8) is 0 Å². The van der Waals surface area contributed by atoms with Crippen LogP contribution in [-0.2, 0) is 19.9 Å². The smallest absolute Gasteiger partial charge is 0.328 e. The van der Waals surface area contributed by atoms with Gasteiger partial charge in [0.05, 0.1) is 0 Å². The first-order chi connectivity index (χ1) is 9.51. The van der Waals surface area contributed by atoms with Crippen LogP contribution in [0.3, 0.4) is 0 Å². The van der Waals surface area contributed by atoms with E-state index in [4.69, 9.17) is 4.74 Å². The van der Waals surface area contributed by atoms with Gasteiger partial charge in [-0.2, -0.15) is 0 Å². The van der Waals surface area contributed by atoms with Crippen LogP contribution in [0.1, 0.15) is 25.8 Å². The first-order valence-corrected chi connectivity index (χ1v) is 6.34. The maximum atomic E-state index is 12.5. The van der Waals surface area contributed by atoms with Crippen molar-refractivity contribution in [2.24, 2.45) is 0 Å². The fourth-order valence-corrected chi connectivity index (χ4v) is 2.26. The van der Waals surface area contributed by atoms with Crippen LogP contribution in [0.2, 0.25) is 0 Å². The summed E-state index contributed by atoms with van der Waals surface area (Å²) in [4.78, 5) is 36.2. The van der Waals surface area contributed by atoms with Crippen LogP contribution in [0.25, 0.3) is 0 Å². The Bertz CT molecular complexity index is 543. The third-order valence-electron chi connectivity index (χ3n) is 3.37. The molecule has 20 heavy (non-hydrogen) atoms. The van der Waals surface area contributed by atoms with E-state index in [0.717, 1.165) is 4.90 Å². The zero-order valence-electron chi connectivity index (χ0n) is 11.4. The minimum Gasteiger partial charge on any atom is -0.444 e. The molecule has 3 amide bonds. The van der Waals surface area contributed by atoms with Crippen molar-refractivity contribution in [3.8, 4) is 0 Å². The molecule has 1 aliphatic rings. The Morgan fingerprint density at radius 3 is 2.50 bits per heavy atom. The molecule has 2 rings (SSSR count). The standard InChI is InChI=1S/C14H16N2O4/c1-3-14(11-7-5-4-6-8-11)12(18)16(13(19)15-14)9-20-10(2)17/h4-8H,3,9H2,1-2H3,(H,15,19). The van der Waals surface area contributed by atoms with Crippen LogP contribution in [0, 0.1) is 0 Å². The molecule has 1 aromatic rings. The van der Waals surface area contributed by atoms with Crippen LogP contribution < -0.4 is 5.32 Å². The molecule has 0 radical (unpaired) electrons. The van der Waals surface area contributed by atoms with Gasteiger partial charge in [-0.1, -0.05) is 37.3 Å². The Hall–Kier alpha value is -2.37. The van der Waals surface area contributed by atoms with Crippen LogP contribution in [-0.4, -0.2) is 29.5 Å². The van der Waals surface area contributed by atoms with Gasteiger partial charge in [-0.05, 0) is 12.0 Å². The number of hydrogen-bond acceptors (Lipinski definition) is 4. The SMILES string of the molecule is CCC1(c2ccccc2)NC(=O)N(COC(C)=O)C1=O. The number of nitrogens with zero attached hydrogens (tertiary/aromatic N) is 1. The van der Waals surface area contributed by atoms with Gasteiger partial charge in [-0.25, -0.2) is 9.69 Å². The maximum absolute atomic E-state index is 12.5. The van der Waals surface area contributed by atoms with E-state index >= 15 is 0 Å². The predicted octanol–water partition coefficient (Wildman–Crippen LogP) is 1.36. The molecule has 0 bridgehead atoms. The summed E-state index contributed by atoms with van der Waals surface area (Å²) in [5.74, 6) is -0.947. The molecule has 0 spiro atoms. The number of ether oxygens (including phenoxy) is 1. The van der Waals surface area contributed by atoms with Gasteiger partial charge in [0, 0.05) is 6.92 Å². The lowest BCUT2D eigenvalue weighted by molar-refractivity contribution is -0.148. The van der Waals surface area contributed by atoms with E-state index < -0.39 is 23.4 Å². The van der Waals surface area contributed by atoms with Gasteiger partial charge >= 0.3 is 12.0 Å². The number of hydrogen-bond donors (Lipinski definition) is 1. The van der Waals surface area contributed by atoms with Crippen molar-refractivity contribution in [2.45, 2.75) is 25.8 Å². The van der Waals surface area contributed by atoms with E-state index in [1.54, 1.807) is 24.3 Å². The molecule has 1 atom stereocenters. The van der Waals surface area contributed by atoms with E-state index in [2.05, 4.69) is 5.32 Å². The molecule has 1 N–H and O–H groups in total. The minimum absolute atomic E-state index is 0.366. The van der Waals surface area contributed by atoms with Crippen molar-refractivity contribution in [2.75, 3.05) is 6.73 Å². The van der Waals surface area contributed by atoms with E-state index in [-0.39, 0.29) is 6.73 Å². The molecule has 1 aromatic carbocycles. The number of nitrogens with one attached hydrogen (secondary N) is 1. The third kappa shape index (κ3) is 2.24. The Balaban J connectivity index is 2.31. The Labute approximate surface area is 116 Å². The van der Waals surface area contributed by atoms with Crippen LogP contribution >= 0.6 is 0 Å². The van der Waals surface area contributed by atoms with Crippen molar-refractivity contribution in [1.29, 1.82) is 0 Å². The average molecular weight is 276 g/mol. The lowest BCUT2D eigenvalue weighted by atomic mass is 9.87. The first kappa shape index (κ1) is 14.0. The molecule has 1 aliphatic heterocycles. The topological polar surface area (TPSA) is 75.7 Å². The van der Waals surface area contributed by atoms with Gasteiger partial charge in [0.2, 0.25) is 0 Å². The number of carbonyl (C=O) groups excluding carboxylic acids is 3. The summed E-state index contributed by atoms with van der Waals surface area (Å²) in [7, 11) is 0. The summed E-state index contributed by atoms with van der Waals surface area (Å²) in [6, 6.07) is 8.47. The molecule has 1 unspecified atom stereocenters. The molecule has 0 aromatic heterocycles. The Morgan fingerprint density at radius 1 is 1.30 bits per heavy atom. The van der Waals surface area contributed by atoms with E-state index in [1.807, 2.05) is 13.0 Å². The lowest BCUT2D eigenvalue weighted by Crippen LogP contribution is -2.43. The molecular formula is C14H16N2O4. The minimum atomic E-state index is -1.08. The second-order valence-electron chi connectivity index (χ2n) is 4.55. The van der Waals surface area contributed by atoms with Crippen molar-refractivity contribution < 1.29 is 19.1 Å². The van der Waals surface area contributed by atoms with Gasteiger partial charge in [0.25, 0.3) is 5.91 Å². The molecule has 1 fully saturated rings. The fraction of sp³-hybridized carbons (Fsp3) is 0.357. The molecule has 6 nitrogen and oxygen atoms in total. The summed E-state index contributed by atoms with van der Waals surface area (Å²) in [5.41, 5.74) is -0.371. The number of carbonyl (C=O) groups is 3. The monoisotopic (exact) mass is 276 g/mol. The highest BCUT2D eigenvalue weighted by atomic mass is 16.5. The van der Waals surface area contributed by atoms with Gasteiger partial charge in [-0.3, -0.25) is 9.59 Å². The highest BCUT2D eigenvalue weighted by Crippen LogP contribution is 2.32. The number of rotatable bonds is 4. The fourth-order valence-electron chi connectivity index (χ4n) is 2.26. The number of amides is 3. The summed E-state index contributed by atoms with van der Waals surface area (Å²) >= 11 is 0. The molecule has 1 heterocycles. The molecular weight excluding hydrogens is 260 g/mol.